The molecule has 0 bridgehead atoms. The zero-order valence-corrected chi connectivity index (χ0v) is 11.0. The molecule has 0 radical (unpaired) electrons. The molecule has 3 N–H and O–H groups in total. The van der Waals surface area contributed by atoms with E-state index in [4.69, 9.17) is 5.73 Å². The molecule has 1 fully saturated rings. The number of rotatable bonds is 5. The van der Waals surface area contributed by atoms with Crippen molar-refractivity contribution in [2.45, 2.75) is 24.8 Å². The molecule has 0 amide bonds. The summed E-state index contributed by atoms with van der Waals surface area (Å²) in [5.41, 5.74) is 8.16. The highest BCUT2D eigenvalue weighted by Crippen LogP contribution is 2.40. The molecule has 3 rings (SSSR count). The Morgan fingerprint density at radius 3 is 2.89 bits per heavy atom. The van der Waals surface area contributed by atoms with Gasteiger partial charge in [-0.05, 0) is 12.0 Å². The van der Waals surface area contributed by atoms with E-state index >= 15 is 0 Å². The second-order valence-corrected chi connectivity index (χ2v) is 5.63. The van der Waals surface area contributed by atoms with Gasteiger partial charge in [0.15, 0.2) is 5.13 Å². The molecule has 2 unspecified atom stereocenters. The van der Waals surface area contributed by atoms with Crippen LogP contribution in [0.3, 0.4) is 0 Å². The topological polar surface area (TPSA) is 50.9 Å². The summed E-state index contributed by atoms with van der Waals surface area (Å²) in [5, 5.41) is 6.29. The first-order chi connectivity index (χ1) is 8.83. The minimum atomic E-state index is 0.642. The molecule has 1 heterocycles. The molecule has 94 valence electrons. The van der Waals surface area contributed by atoms with E-state index < -0.39 is 0 Å². The van der Waals surface area contributed by atoms with Crippen molar-refractivity contribution in [3.8, 4) is 0 Å². The third-order valence-electron chi connectivity index (χ3n) is 3.38. The van der Waals surface area contributed by atoms with Crippen LogP contribution in [0.15, 0.2) is 35.7 Å². The third kappa shape index (κ3) is 2.71. The van der Waals surface area contributed by atoms with E-state index in [1.165, 1.54) is 23.3 Å². The van der Waals surface area contributed by atoms with Gasteiger partial charge in [0.05, 0.1) is 5.69 Å². The first-order valence-corrected chi connectivity index (χ1v) is 7.19. The summed E-state index contributed by atoms with van der Waals surface area (Å²) in [6.45, 7) is 0.983. The Morgan fingerprint density at radius 1 is 1.33 bits per heavy atom. The van der Waals surface area contributed by atoms with Crippen molar-refractivity contribution in [1.29, 1.82) is 0 Å². The molecule has 1 aliphatic carbocycles. The minimum absolute atomic E-state index is 0.642. The quantitative estimate of drug-likeness (QED) is 0.867. The molecular formula is C14H17N3S. The van der Waals surface area contributed by atoms with Gasteiger partial charge in [-0.3, -0.25) is 0 Å². The monoisotopic (exact) mass is 259 g/mol. The van der Waals surface area contributed by atoms with E-state index in [1.807, 2.05) is 5.38 Å². The Balaban J connectivity index is 1.44. The van der Waals surface area contributed by atoms with E-state index in [0.29, 0.717) is 17.1 Å². The summed E-state index contributed by atoms with van der Waals surface area (Å²) in [4.78, 5) is 4.26. The molecule has 1 aliphatic rings. The van der Waals surface area contributed by atoms with Gasteiger partial charge in [-0.2, -0.15) is 0 Å². The molecule has 0 saturated heterocycles. The lowest BCUT2D eigenvalue weighted by atomic mass is 10.1. The molecule has 0 aliphatic heterocycles. The SMILES string of the molecule is Nc1nc(CCNC2CC2c2ccccc2)cs1. The lowest BCUT2D eigenvalue weighted by molar-refractivity contribution is 0.664. The van der Waals surface area contributed by atoms with Gasteiger partial charge in [0.1, 0.15) is 0 Å². The number of nitrogens with two attached hydrogens (primary N) is 1. The Morgan fingerprint density at radius 2 is 2.17 bits per heavy atom. The van der Waals surface area contributed by atoms with Gasteiger partial charge >= 0.3 is 0 Å². The number of benzene rings is 1. The van der Waals surface area contributed by atoms with Crippen molar-refractivity contribution >= 4 is 16.5 Å². The van der Waals surface area contributed by atoms with Crippen LogP contribution in [0.5, 0.6) is 0 Å². The Bertz CT molecular complexity index is 509. The number of nitrogens with one attached hydrogen (secondary N) is 1. The second kappa shape index (κ2) is 5.08. The van der Waals surface area contributed by atoms with Crippen LogP contribution in [0, 0.1) is 0 Å². The molecule has 3 nitrogen and oxygen atoms in total. The average molecular weight is 259 g/mol. The highest BCUT2D eigenvalue weighted by Gasteiger charge is 2.37. The molecule has 2 aromatic rings. The number of aromatic nitrogens is 1. The number of nitrogens with zero attached hydrogens (tertiary/aromatic N) is 1. The van der Waals surface area contributed by atoms with Gasteiger partial charge in [0, 0.05) is 30.3 Å². The first kappa shape index (κ1) is 11.7. The van der Waals surface area contributed by atoms with Gasteiger partial charge in [-0.15, -0.1) is 11.3 Å². The predicted octanol–water partition coefficient (Wildman–Crippen LogP) is 2.41. The molecule has 1 aromatic carbocycles. The standard InChI is InChI=1S/C14H17N3S/c15-14-17-11(9-18-14)6-7-16-13-8-12(13)10-4-2-1-3-5-10/h1-5,9,12-13,16H,6-8H2,(H2,15,17). The van der Waals surface area contributed by atoms with Gasteiger partial charge in [-0.1, -0.05) is 30.3 Å². The van der Waals surface area contributed by atoms with Crippen LogP contribution in [-0.2, 0) is 6.42 Å². The first-order valence-electron chi connectivity index (χ1n) is 6.31. The van der Waals surface area contributed by atoms with Crippen LogP contribution < -0.4 is 11.1 Å². The Labute approximate surface area is 111 Å². The average Bonchev–Trinajstić information content (AvgIpc) is 3.05. The molecule has 2 atom stereocenters. The zero-order valence-electron chi connectivity index (χ0n) is 10.2. The highest BCUT2D eigenvalue weighted by molar-refractivity contribution is 7.13. The van der Waals surface area contributed by atoms with E-state index in [9.17, 15) is 0 Å². The lowest BCUT2D eigenvalue weighted by Gasteiger charge is -2.03. The maximum Gasteiger partial charge on any atom is 0.180 e. The highest BCUT2D eigenvalue weighted by atomic mass is 32.1. The van der Waals surface area contributed by atoms with Crippen LogP contribution in [0.25, 0.3) is 0 Å². The van der Waals surface area contributed by atoms with E-state index in [2.05, 4.69) is 40.6 Å². The summed E-state index contributed by atoms with van der Waals surface area (Å²) in [5.74, 6) is 0.701. The van der Waals surface area contributed by atoms with Gasteiger partial charge in [0.25, 0.3) is 0 Å². The molecule has 18 heavy (non-hydrogen) atoms. The minimum Gasteiger partial charge on any atom is -0.375 e. The van der Waals surface area contributed by atoms with Crippen LogP contribution >= 0.6 is 11.3 Å². The third-order valence-corrected chi connectivity index (χ3v) is 4.10. The molecule has 1 aromatic heterocycles. The van der Waals surface area contributed by atoms with Gasteiger partial charge in [-0.25, -0.2) is 4.98 Å². The fourth-order valence-electron chi connectivity index (χ4n) is 2.31. The lowest BCUT2D eigenvalue weighted by Crippen LogP contribution is -2.21. The van der Waals surface area contributed by atoms with Crippen molar-refractivity contribution < 1.29 is 0 Å². The molecule has 1 saturated carbocycles. The number of hydrogen-bond donors (Lipinski definition) is 2. The fraction of sp³-hybridized carbons (Fsp3) is 0.357. The predicted molar refractivity (Wildman–Crippen MR) is 75.8 cm³/mol. The summed E-state index contributed by atoms with van der Waals surface area (Å²) in [7, 11) is 0. The van der Waals surface area contributed by atoms with Crippen molar-refractivity contribution in [2.24, 2.45) is 0 Å². The van der Waals surface area contributed by atoms with Crippen LogP contribution in [0.4, 0.5) is 5.13 Å². The van der Waals surface area contributed by atoms with Crippen molar-refractivity contribution in [2.75, 3.05) is 12.3 Å². The fourth-order valence-corrected chi connectivity index (χ4v) is 2.91. The van der Waals surface area contributed by atoms with Crippen molar-refractivity contribution in [3.05, 3.63) is 47.0 Å². The van der Waals surface area contributed by atoms with Gasteiger partial charge < -0.3 is 11.1 Å². The summed E-state index contributed by atoms with van der Waals surface area (Å²) < 4.78 is 0. The van der Waals surface area contributed by atoms with E-state index in [0.717, 1.165) is 18.7 Å². The second-order valence-electron chi connectivity index (χ2n) is 4.74. The maximum atomic E-state index is 5.61. The normalized spacial score (nSPS) is 22.0. The van der Waals surface area contributed by atoms with Crippen molar-refractivity contribution in [3.63, 3.8) is 0 Å². The zero-order chi connectivity index (χ0) is 12.4. The smallest absolute Gasteiger partial charge is 0.180 e. The van der Waals surface area contributed by atoms with Crippen LogP contribution in [-0.4, -0.2) is 17.6 Å². The number of thiazole rings is 1. The summed E-state index contributed by atoms with van der Waals surface area (Å²) in [6, 6.07) is 11.4. The molecule has 0 spiro atoms. The largest absolute Gasteiger partial charge is 0.375 e. The summed E-state index contributed by atoms with van der Waals surface area (Å²) >= 11 is 1.52. The Kier molecular flexibility index (Phi) is 3.30. The molecule has 4 heteroatoms. The molecular weight excluding hydrogens is 242 g/mol. The van der Waals surface area contributed by atoms with Crippen molar-refractivity contribution in [1.82, 2.24) is 10.3 Å². The summed E-state index contributed by atoms with van der Waals surface area (Å²) in [6.07, 6.45) is 2.22. The Hall–Kier alpha value is -1.39. The van der Waals surface area contributed by atoms with Crippen LogP contribution in [0.1, 0.15) is 23.6 Å². The number of nitrogen functional groups attached to an aromatic ring is 1. The van der Waals surface area contributed by atoms with E-state index in [1.54, 1.807) is 0 Å². The van der Waals surface area contributed by atoms with Crippen LogP contribution in [0.2, 0.25) is 0 Å². The number of hydrogen-bond acceptors (Lipinski definition) is 4. The van der Waals surface area contributed by atoms with E-state index in [-0.39, 0.29) is 0 Å². The maximum absolute atomic E-state index is 5.61. The number of anilines is 1. The van der Waals surface area contributed by atoms with Gasteiger partial charge in [0.2, 0.25) is 0 Å².